The first-order chi connectivity index (χ1) is 12.5. The van der Waals surface area contributed by atoms with Gasteiger partial charge in [-0.3, -0.25) is 9.59 Å². The average Bonchev–Trinajstić information content (AvgIpc) is 2.66. The topological polar surface area (TPSA) is 84.5 Å². The fourth-order valence-electron chi connectivity index (χ4n) is 4.01. The number of benzene rings is 1. The second-order valence-corrected chi connectivity index (χ2v) is 7.27. The van der Waals surface area contributed by atoms with Crippen molar-refractivity contribution >= 4 is 23.5 Å². The summed E-state index contributed by atoms with van der Waals surface area (Å²) >= 11 is 0. The van der Waals surface area contributed by atoms with Crippen LogP contribution < -0.4 is 10.6 Å². The Bertz CT molecular complexity index is 695. The number of carbonyl (C=O) groups excluding carboxylic acids is 3. The molecule has 0 bridgehead atoms. The van der Waals surface area contributed by atoms with Gasteiger partial charge < -0.3 is 15.4 Å². The fourth-order valence-corrected chi connectivity index (χ4v) is 4.01. The molecule has 0 radical (unpaired) electrons. The molecule has 1 aliphatic carbocycles. The van der Waals surface area contributed by atoms with Crippen molar-refractivity contribution in [3.63, 3.8) is 0 Å². The first-order valence-corrected chi connectivity index (χ1v) is 9.32. The molecule has 1 atom stereocenters. The molecule has 0 spiro atoms. The number of nitrogens with one attached hydrogen (secondary N) is 2. The average molecular weight is 358 g/mol. The zero-order valence-electron chi connectivity index (χ0n) is 15.2. The van der Waals surface area contributed by atoms with E-state index in [9.17, 15) is 14.4 Å². The Morgan fingerprint density at radius 2 is 1.96 bits per heavy atom. The lowest BCUT2D eigenvalue weighted by Gasteiger charge is -2.35. The van der Waals surface area contributed by atoms with Gasteiger partial charge in [-0.25, -0.2) is 4.79 Å². The maximum Gasteiger partial charge on any atom is 0.331 e. The molecule has 1 aromatic carbocycles. The summed E-state index contributed by atoms with van der Waals surface area (Å²) in [6, 6.07) is 7.72. The summed E-state index contributed by atoms with van der Waals surface area (Å²) in [5.41, 5.74) is 1.05. The van der Waals surface area contributed by atoms with Crippen LogP contribution in [0.3, 0.4) is 0 Å². The molecule has 6 heteroatoms. The van der Waals surface area contributed by atoms with E-state index in [0.29, 0.717) is 25.7 Å². The second-order valence-electron chi connectivity index (χ2n) is 7.27. The van der Waals surface area contributed by atoms with E-state index in [4.69, 9.17) is 4.74 Å². The molecule has 6 nitrogen and oxygen atoms in total. The summed E-state index contributed by atoms with van der Waals surface area (Å²) in [4.78, 5) is 37.0. The summed E-state index contributed by atoms with van der Waals surface area (Å²) in [5.74, 6) is -0.827. The minimum atomic E-state index is -0.897. The SMILES string of the molecule is COC(=O)C1(NC(=O)CCC2Cc3ccccc3NC2=O)CCCCC1. The second kappa shape index (κ2) is 7.89. The molecule has 1 fully saturated rings. The number of hydrogen-bond acceptors (Lipinski definition) is 4. The standard InChI is InChI=1S/C20H26N2O4/c1-26-19(25)20(11-5-2-6-12-20)22-17(23)10-9-15-13-14-7-3-4-8-16(14)21-18(15)24/h3-4,7-8,15H,2,5-6,9-13H2,1H3,(H,21,24)(H,22,23). The van der Waals surface area contributed by atoms with E-state index in [0.717, 1.165) is 30.5 Å². The van der Waals surface area contributed by atoms with Gasteiger partial charge in [-0.1, -0.05) is 37.5 Å². The van der Waals surface area contributed by atoms with E-state index in [2.05, 4.69) is 10.6 Å². The van der Waals surface area contributed by atoms with E-state index in [1.165, 1.54) is 7.11 Å². The molecule has 1 aromatic rings. The molecule has 2 aliphatic rings. The van der Waals surface area contributed by atoms with Crippen molar-refractivity contribution in [1.29, 1.82) is 0 Å². The summed E-state index contributed by atoms with van der Waals surface area (Å²) in [6.07, 6.45) is 5.41. The summed E-state index contributed by atoms with van der Waals surface area (Å²) in [6.45, 7) is 0. The number of ether oxygens (including phenoxy) is 1. The van der Waals surface area contributed by atoms with Crippen LogP contribution >= 0.6 is 0 Å². The van der Waals surface area contributed by atoms with Gasteiger partial charge in [-0.2, -0.15) is 0 Å². The molecule has 2 N–H and O–H groups in total. The normalized spacial score (nSPS) is 21.3. The van der Waals surface area contributed by atoms with E-state index >= 15 is 0 Å². The van der Waals surface area contributed by atoms with Crippen molar-refractivity contribution in [3.05, 3.63) is 29.8 Å². The molecule has 26 heavy (non-hydrogen) atoms. The third kappa shape index (κ3) is 3.89. The highest BCUT2D eigenvalue weighted by atomic mass is 16.5. The van der Waals surface area contributed by atoms with Gasteiger partial charge in [-0.05, 0) is 37.3 Å². The molecular weight excluding hydrogens is 332 g/mol. The maximum absolute atomic E-state index is 12.5. The van der Waals surface area contributed by atoms with E-state index in [-0.39, 0.29) is 30.1 Å². The lowest BCUT2D eigenvalue weighted by molar-refractivity contribution is -0.152. The number of esters is 1. The number of carbonyl (C=O) groups is 3. The van der Waals surface area contributed by atoms with Crippen LogP contribution in [0.1, 0.15) is 50.5 Å². The van der Waals surface area contributed by atoms with E-state index in [1.807, 2.05) is 24.3 Å². The third-order valence-corrected chi connectivity index (χ3v) is 5.49. The quantitative estimate of drug-likeness (QED) is 0.792. The number of amides is 2. The fraction of sp³-hybridized carbons (Fsp3) is 0.550. The number of rotatable bonds is 5. The van der Waals surface area contributed by atoms with Gasteiger partial charge in [0.15, 0.2) is 0 Å². The van der Waals surface area contributed by atoms with Crippen molar-refractivity contribution in [2.45, 2.75) is 56.9 Å². The Morgan fingerprint density at radius 3 is 2.69 bits per heavy atom. The molecule has 2 amide bonds. The molecule has 1 unspecified atom stereocenters. The van der Waals surface area contributed by atoms with Gasteiger partial charge in [0.1, 0.15) is 5.54 Å². The van der Waals surface area contributed by atoms with Gasteiger partial charge in [0, 0.05) is 18.0 Å². The van der Waals surface area contributed by atoms with Gasteiger partial charge >= 0.3 is 5.97 Å². The summed E-state index contributed by atoms with van der Waals surface area (Å²) < 4.78 is 4.93. The Morgan fingerprint density at radius 1 is 1.23 bits per heavy atom. The lowest BCUT2D eigenvalue weighted by Crippen LogP contribution is -2.56. The van der Waals surface area contributed by atoms with Crippen molar-refractivity contribution in [2.24, 2.45) is 5.92 Å². The summed E-state index contributed by atoms with van der Waals surface area (Å²) in [7, 11) is 1.36. The van der Waals surface area contributed by atoms with Crippen LogP contribution in [0.15, 0.2) is 24.3 Å². The van der Waals surface area contributed by atoms with Crippen molar-refractivity contribution in [3.8, 4) is 0 Å². The number of methoxy groups -OCH3 is 1. The monoisotopic (exact) mass is 358 g/mol. The van der Waals surface area contributed by atoms with E-state index < -0.39 is 5.54 Å². The summed E-state index contributed by atoms with van der Waals surface area (Å²) in [5, 5.41) is 5.82. The molecule has 1 aliphatic heterocycles. The van der Waals surface area contributed by atoms with Crippen LogP contribution in [0.4, 0.5) is 5.69 Å². The number of fused-ring (bicyclic) bond motifs is 1. The minimum Gasteiger partial charge on any atom is -0.467 e. The van der Waals surface area contributed by atoms with E-state index in [1.54, 1.807) is 0 Å². The Hall–Kier alpha value is -2.37. The van der Waals surface area contributed by atoms with Crippen LogP contribution in [0.5, 0.6) is 0 Å². The van der Waals surface area contributed by atoms with Crippen LogP contribution in [0, 0.1) is 5.92 Å². The van der Waals surface area contributed by atoms with Gasteiger partial charge in [0.2, 0.25) is 11.8 Å². The zero-order chi connectivity index (χ0) is 18.6. The van der Waals surface area contributed by atoms with Crippen molar-refractivity contribution in [2.75, 3.05) is 12.4 Å². The van der Waals surface area contributed by atoms with Crippen LogP contribution in [-0.2, 0) is 25.5 Å². The smallest absolute Gasteiger partial charge is 0.331 e. The minimum absolute atomic E-state index is 0.0446. The molecule has 1 saturated carbocycles. The van der Waals surface area contributed by atoms with Gasteiger partial charge in [0.25, 0.3) is 0 Å². The van der Waals surface area contributed by atoms with Crippen LogP contribution in [0.25, 0.3) is 0 Å². The Balaban J connectivity index is 1.58. The lowest BCUT2D eigenvalue weighted by atomic mass is 9.81. The highest BCUT2D eigenvalue weighted by Crippen LogP contribution is 2.30. The number of para-hydroxylation sites is 1. The highest BCUT2D eigenvalue weighted by Gasteiger charge is 2.42. The largest absolute Gasteiger partial charge is 0.467 e. The number of anilines is 1. The first-order valence-electron chi connectivity index (χ1n) is 9.32. The molecule has 0 saturated heterocycles. The van der Waals surface area contributed by atoms with Crippen molar-refractivity contribution in [1.82, 2.24) is 5.32 Å². The molecular formula is C20H26N2O4. The first kappa shape index (κ1) is 18.4. The third-order valence-electron chi connectivity index (χ3n) is 5.49. The molecule has 1 heterocycles. The molecule has 140 valence electrons. The van der Waals surface area contributed by atoms with Gasteiger partial charge in [0.05, 0.1) is 7.11 Å². The Kier molecular flexibility index (Phi) is 5.59. The molecule has 0 aromatic heterocycles. The maximum atomic E-state index is 12.5. The highest BCUT2D eigenvalue weighted by molar-refractivity contribution is 5.96. The van der Waals surface area contributed by atoms with Gasteiger partial charge in [-0.15, -0.1) is 0 Å². The molecule has 3 rings (SSSR count). The number of hydrogen-bond donors (Lipinski definition) is 2. The predicted octanol–water partition coefficient (Wildman–Crippen LogP) is 2.57. The van der Waals surface area contributed by atoms with Crippen molar-refractivity contribution < 1.29 is 19.1 Å². The predicted molar refractivity (Wildman–Crippen MR) is 97.5 cm³/mol. The zero-order valence-corrected chi connectivity index (χ0v) is 15.2. The van der Waals surface area contributed by atoms with Crippen LogP contribution in [0.2, 0.25) is 0 Å². The van der Waals surface area contributed by atoms with Crippen LogP contribution in [-0.4, -0.2) is 30.4 Å². The Labute approximate surface area is 153 Å².